The Kier molecular flexibility index (Phi) is 8.91. The fourth-order valence-corrected chi connectivity index (χ4v) is 3.92. The maximum Gasteiger partial charge on any atom is 0.258 e. The van der Waals surface area contributed by atoms with Crippen molar-refractivity contribution in [2.24, 2.45) is 5.41 Å². The zero-order chi connectivity index (χ0) is 24.7. The predicted octanol–water partition coefficient (Wildman–Crippen LogP) is 4.47. The van der Waals surface area contributed by atoms with Gasteiger partial charge in [-0.25, -0.2) is 4.39 Å². The van der Waals surface area contributed by atoms with E-state index >= 15 is 4.39 Å². The van der Waals surface area contributed by atoms with Gasteiger partial charge in [-0.15, -0.1) is 0 Å². The van der Waals surface area contributed by atoms with Gasteiger partial charge in [0.1, 0.15) is 11.6 Å². The number of halogens is 1. The van der Waals surface area contributed by atoms with Gasteiger partial charge in [0.25, 0.3) is 5.91 Å². The first-order valence-electron chi connectivity index (χ1n) is 12.1. The summed E-state index contributed by atoms with van der Waals surface area (Å²) >= 11 is 0. The number of nitrogens with one attached hydrogen (secondary N) is 1. The lowest BCUT2D eigenvalue weighted by atomic mass is 9.94. The largest absolute Gasteiger partial charge is 0.494 e. The van der Waals surface area contributed by atoms with Gasteiger partial charge in [0.15, 0.2) is 0 Å². The first-order valence-corrected chi connectivity index (χ1v) is 12.1. The molecular formula is C27H38FN3O3. The van der Waals surface area contributed by atoms with Crippen LogP contribution in [-0.2, 0) is 0 Å². The van der Waals surface area contributed by atoms with Crippen LogP contribution in [0.4, 0.5) is 15.8 Å². The number of amides is 1. The molecule has 0 saturated carbocycles. The minimum absolute atomic E-state index is 0.121. The number of benzene rings is 2. The molecule has 1 unspecified atom stereocenters. The Balaban J connectivity index is 1.60. The van der Waals surface area contributed by atoms with Gasteiger partial charge in [0.05, 0.1) is 12.3 Å². The number of carbonyl (C=O) groups excluding carboxylic acids is 1. The Morgan fingerprint density at radius 2 is 2.00 bits per heavy atom. The standard InChI is InChI=1S/C27H38FN3O3/c1-5-6-15-34-23-10-7-20(8-11-23)26(33)30(4)22-9-12-25(24(28)16-22)31-14-13-21(17-31)29-18-27(2,3)19-32/h7-12,16,21,29,32H,5-6,13-15,17-19H2,1-4H3. The molecule has 1 fully saturated rings. The van der Waals surface area contributed by atoms with E-state index in [0.717, 1.165) is 31.6 Å². The first kappa shape index (κ1) is 26.0. The lowest BCUT2D eigenvalue weighted by Gasteiger charge is -2.25. The van der Waals surface area contributed by atoms with E-state index in [4.69, 9.17) is 4.74 Å². The number of aliphatic hydroxyl groups is 1. The van der Waals surface area contributed by atoms with E-state index in [1.165, 1.54) is 11.0 Å². The van der Waals surface area contributed by atoms with Gasteiger partial charge >= 0.3 is 0 Å². The summed E-state index contributed by atoms with van der Waals surface area (Å²) in [5.41, 5.74) is 1.39. The summed E-state index contributed by atoms with van der Waals surface area (Å²) in [6.07, 6.45) is 2.97. The molecule has 3 rings (SSSR count). The number of hydrogen-bond donors (Lipinski definition) is 2. The maximum atomic E-state index is 15.0. The van der Waals surface area contributed by atoms with Crippen LogP contribution in [-0.4, -0.2) is 57.0 Å². The quantitative estimate of drug-likeness (QED) is 0.474. The minimum Gasteiger partial charge on any atom is -0.494 e. The number of aliphatic hydroxyl groups excluding tert-OH is 1. The molecule has 0 aromatic heterocycles. The summed E-state index contributed by atoms with van der Waals surface area (Å²) in [5.74, 6) is 0.193. The van der Waals surface area contributed by atoms with Crippen LogP contribution in [0.5, 0.6) is 5.75 Å². The fraction of sp³-hybridized carbons (Fsp3) is 0.519. The lowest BCUT2D eigenvalue weighted by molar-refractivity contribution is 0.0993. The molecule has 186 valence electrons. The Morgan fingerprint density at radius 1 is 1.26 bits per heavy atom. The topological polar surface area (TPSA) is 65.0 Å². The van der Waals surface area contributed by atoms with E-state index in [2.05, 4.69) is 12.2 Å². The number of rotatable bonds is 11. The highest BCUT2D eigenvalue weighted by Gasteiger charge is 2.27. The van der Waals surface area contributed by atoms with E-state index in [9.17, 15) is 9.90 Å². The third-order valence-corrected chi connectivity index (χ3v) is 6.32. The highest BCUT2D eigenvalue weighted by molar-refractivity contribution is 6.05. The fourth-order valence-electron chi connectivity index (χ4n) is 3.92. The van der Waals surface area contributed by atoms with E-state index in [-0.39, 0.29) is 29.8 Å². The van der Waals surface area contributed by atoms with Crippen molar-refractivity contribution >= 4 is 17.3 Å². The number of nitrogens with zero attached hydrogens (tertiary/aromatic N) is 2. The number of unbranched alkanes of at least 4 members (excludes halogenated alkanes) is 1. The highest BCUT2D eigenvalue weighted by atomic mass is 19.1. The molecule has 0 aliphatic carbocycles. The van der Waals surface area contributed by atoms with E-state index in [1.54, 1.807) is 43.4 Å². The zero-order valence-corrected chi connectivity index (χ0v) is 20.8. The summed E-state index contributed by atoms with van der Waals surface area (Å²) in [6, 6.07) is 12.3. The third-order valence-electron chi connectivity index (χ3n) is 6.32. The van der Waals surface area contributed by atoms with Crippen molar-refractivity contribution < 1.29 is 19.0 Å². The first-order chi connectivity index (χ1) is 16.2. The Bertz CT molecular complexity index is 949. The number of carbonyl (C=O) groups is 1. The van der Waals surface area contributed by atoms with Gasteiger partial charge in [0, 0.05) is 56.0 Å². The van der Waals surface area contributed by atoms with Gasteiger partial charge < -0.3 is 25.0 Å². The Morgan fingerprint density at radius 3 is 2.65 bits per heavy atom. The summed E-state index contributed by atoms with van der Waals surface area (Å²) in [7, 11) is 1.65. The molecule has 1 saturated heterocycles. The number of anilines is 2. The smallest absolute Gasteiger partial charge is 0.258 e. The van der Waals surface area contributed by atoms with Crippen LogP contribution in [0.2, 0.25) is 0 Å². The van der Waals surface area contributed by atoms with Crippen molar-refractivity contribution in [2.75, 3.05) is 49.7 Å². The lowest BCUT2D eigenvalue weighted by Crippen LogP contribution is -2.40. The van der Waals surface area contributed by atoms with Crippen molar-refractivity contribution in [3.05, 3.63) is 53.8 Å². The van der Waals surface area contributed by atoms with Crippen LogP contribution >= 0.6 is 0 Å². The molecule has 7 heteroatoms. The van der Waals surface area contributed by atoms with Gasteiger partial charge in [-0.2, -0.15) is 0 Å². The minimum atomic E-state index is -0.340. The predicted molar refractivity (Wildman–Crippen MR) is 135 cm³/mol. The van der Waals surface area contributed by atoms with Crippen LogP contribution in [0, 0.1) is 11.2 Å². The molecule has 2 aromatic rings. The molecule has 0 spiro atoms. The summed E-state index contributed by atoms with van der Waals surface area (Å²) in [4.78, 5) is 16.4. The molecule has 1 heterocycles. The molecule has 6 nitrogen and oxygen atoms in total. The molecule has 0 radical (unpaired) electrons. The van der Waals surface area contributed by atoms with Crippen molar-refractivity contribution in [3.8, 4) is 5.75 Å². The summed E-state index contributed by atoms with van der Waals surface area (Å²) in [5, 5.41) is 12.9. The van der Waals surface area contributed by atoms with Crippen LogP contribution in [0.15, 0.2) is 42.5 Å². The highest BCUT2D eigenvalue weighted by Crippen LogP contribution is 2.28. The van der Waals surface area contributed by atoms with Gasteiger partial charge in [-0.1, -0.05) is 27.2 Å². The average Bonchev–Trinajstić information content (AvgIpc) is 3.31. The average molecular weight is 472 g/mol. The molecule has 2 aromatic carbocycles. The molecule has 2 N–H and O–H groups in total. The van der Waals surface area contributed by atoms with Crippen LogP contribution in [0.1, 0.15) is 50.4 Å². The number of hydrogen-bond acceptors (Lipinski definition) is 5. The molecule has 1 aliphatic heterocycles. The summed E-state index contributed by atoms with van der Waals surface area (Å²) < 4.78 is 20.7. The van der Waals surface area contributed by atoms with Crippen LogP contribution in [0.3, 0.4) is 0 Å². The van der Waals surface area contributed by atoms with Crippen molar-refractivity contribution in [2.45, 2.75) is 46.1 Å². The van der Waals surface area contributed by atoms with E-state index in [0.29, 0.717) is 36.6 Å². The van der Waals surface area contributed by atoms with Crippen LogP contribution in [0.25, 0.3) is 0 Å². The molecular weight excluding hydrogens is 433 g/mol. The molecule has 0 bridgehead atoms. The Hall–Kier alpha value is -2.64. The van der Waals surface area contributed by atoms with E-state index < -0.39 is 0 Å². The van der Waals surface area contributed by atoms with Gasteiger partial charge in [-0.05, 0) is 55.3 Å². The Labute approximate surface area is 202 Å². The van der Waals surface area contributed by atoms with Gasteiger partial charge in [0.2, 0.25) is 0 Å². The SMILES string of the molecule is CCCCOc1ccc(C(=O)N(C)c2ccc(N3CCC(NCC(C)(C)CO)C3)c(F)c2)cc1. The van der Waals surface area contributed by atoms with Crippen molar-refractivity contribution in [1.29, 1.82) is 0 Å². The molecule has 1 amide bonds. The monoisotopic (exact) mass is 471 g/mol. The number of ether oxygens (including phenoxy) is 1. The molecule has 34 heavy (non-hydrogen) atoms. The second-order valence-electron chi connectivity index (χ2n) is 9.86. The maximum absolute atomic E-state index is 15.0. The van der Waals surface area contributed by atoms with Crippen molar-refractivity contribution in [1.82, 2.24) is 5.32 Å². The van der Waals surface area contributed by atoms with E-state index in [1.807, 2.05) is 18.7 Å². The second kappa shape index (κ2) is 11.7. The van der Waals surface area contributed by atoms with Crippen LogP contribution < -0.4 is 19.9 Å². The molecule has 1 aliphatic rings. The molecule has 1 atom stereocenters. The summed E-state index contributed by atoms with van der Waals surface area (Å²) in [6.45, 7) is 9.09. The third kappa shape index (κ3) is 6.70. The second-order valence-corrected chi connectivity index (χ2v) is 9.86. The normalized spacial score (nSPS) is 16.1. The van der Waals surface area contributed by atoms with Crippen molar-refractivity contribution in [3.63, 3.8) is 0 Å². The zero-order valence-electron chi connectivity index (χ0n) is 20.8. The van der Waals surface area contributed by atoms with Gasteiger partial charge in [-0.3, -0.25) is 4.79 Å².